The molecule has 1 N–H and O–H groups in total. The molecule has 1 unspecified atom stereocenters. The van der Waals surface area contributed by atoms with Gasteiger partial charge in [-0.05, 0) is 19.9 Å². The summed E-state index contributed by atoms with van der Waals surface area (Å²) in [5, 5.41) is 2.89. The second-order valence-corrected chi connectivity index (χ2v) is 3.96. The van der Waals surface area contributed by atoms with Crippen LogP contribution in [0.15, 0.2) is 0 Å². The van der Waals surface area contributed by atoms with E-state index < -0.39 is 0 Å². The third-order valence-electron chi connectivity index (χ3n) is 2.88. The molecular formula is C11H22ClNO3. The smallest absolute Gasteiger partial charge is 0.325 e. The van der Waals surface area contributed by atoms with Gasteiger partial charge in [-0.2, -0.15) is 0 Å². The molecule has 0 aliphatic heterocycles. The van der Waals surface area contributed by atoms with Gasteiger partial charge in [0.05, 0.1) is 19.8 Å². The Bertz CT molecular complexity index is 196. The highest BCUT2D eigenvalue weighted by molar-refractivity contribution is 5.85. The van der Waals surface area contributed by atoms with Gasteiger partial charge in [0.2, 0.25) is 0 Å². The number of halogens is 1. The quantitative estimate of drug-likeness (QED) is 0.753. The van der Waals surface area contributed by atoms with Crippen LogP contribution in [0, 0.1) is 0 Å². The lowest BCUT2D eigenvalue weighted by molar-refractivity contribution is -0.145. The van der Waals surface area contributed by atoms with E-state index in [0.717, 1.165) is 12.8 Å². The molecule has 1 saturated carbocycles. The topological polar surface area (TPSA) is 47.6 Å². The summed E-state index contributed by atoms with van der Waals surface area (Å²) >= 11 is 0. The van der Waals surface area contributed by atoms with Crippen molar-refractivity contribution in [3.05, 3.63) is 0 Å². The fourth-order valence-electron chi connectivity index (χ4n) is 1.88. The maximum Gasteiger partial charge on any atom is 0.325 e. The molecule has 0 saturated heterocycles. The first kappa shape index (κ1) is 15.7. The molecule has 1 fully saturated rings. The van der Waals surface area contributed by atoms with Gasteiger partial charge in [0.25, 0.3) is 0 Å². The second-order valence-electron chi connectivity index (χ2n) is 3.96. The number of rotatable bonds is 5. The number of methoxy groups -OCH3 is 1. The molecule has 16 heavy (non-hydrogen) atoms. The minimum absolute atomic E-state index is 0. The van der Waals surface area contributed by atoms with E-state index >= 15 is 0 Å². The number of likely N-dealkylation sites (N-methyl/N-ethyl adjacent to an activating group) is 1. The molecule has 1 rings (SSSR count). The molecule has 0 amide bonds. The van der Waals surface area contributed by atoms with E-state index in [1.807, 2.05) is 0 Å². The Morgan fingerprint density at radius 3 is 2.50 bits per heavy atom. The van der Waals surface area contributed by atoms with Crippen LogP contribution in [0.1, 0.15) is 32.1 Å². The Balaban J connectivity index is 0.00000225. The molecule has 4 nitrogen and oxygen atoms in total. The van der Waals surface area contributed by atoms with Crippen LogP contribution >= 0.6 is 12.4 Å². The Morgan fingerprint density at radius 2 is 2.00 bits per heavy atom. The van der Waals surface area contributed by atoms with Gasteiger partial charge in [-0.1, -0.05) is 19.3 Å². The average Bonchev–Trinajstić information content (AvgIpc) is 2.31. The normalized spacial score (nSPS) is 18.6. The Morgan fingerprint density at radius 1 is 1.38 bits per heavy atom. The number of hydrogen-bond donors (Lipinski definition) is 1. The summed E-state index contributed by atoms with van der Waals surface area (Å²) < 4.78 is 10.4. The lowest BCUT2D eigenvalue weighted by atomic mass is 9.98. The first-order valence-electron chi connectivity index (χ1n) is 5.64. The number of ether oxygens (including phenoxy) is 2. The summed E-state index contributed by atoms with van der Waals surface area (Å²) in [6.45, 7) is 0.411. The first-order chi connectivity index (χ1) is 7.27. The zero-order valence-electron chi connectivity index (χ0n) is 10.0. The molecule has 1 aliphatic rings. The third-order valence-corrected chi connectivity index (χ3v) is 2.88. The minimum atomic E-state index is -0.336. The van der Waals surface area contributed by atoms with Crippen molar-refractivity contribution < 1.29 is 14.3 Å². The Kier molecular flexibility index (Phi) is 8.61. The van der Waals surface area contributed by atoms with Crippen molar-refractivity contribution in [2.45, 2.75) is 44.2 Å². The van der Waals surface area contributed by atoms with Gasteiger partial charge in [0.1, 0.15) is 6.04 Å². The van der Waals surface area contributed by atoms with Crippen molar-refractivity contribution >= 4 is 18.4 Å². The number of hydrogen-bond acceptors (Lipinski definition) is 4. The Labute approximate surface area is 103 Å². The monoisotopic (exact) mass is 251 g/mol. The van der Waals surface area contributed by atoms with E-state index in [-0.39, 0.29) is 24.4 Å². The molecule has 0 heterocycles. The molecular weight excluding hydrogens is 230 g/mol. The van der Waals surface area contributed by atoms with Gasteiger partial charge >= 0.3 is 5.97 Å². The molecule has 5 heteroatoms. The predicted molar refractivity (Wildman–Crippen MR) is 64.9 cm³/mol. The molecule has 0 bridgehead atoms. The van der Waals surface area contributed by atoms with Crippen LogP contribution in [-0.4, -0.2) is 38.9 Å². The zero-order chi connectivity index (χ0) is 11.1. The van der Waals surface area contributed by atoms with Gasteiger partial charge in [-0.15, -0.1) is 12.4 Å². The molecule has 0 spiro atoms. The van der Waals surface area contributed by atoms with Crippen LogP contribution in [0.5, 0.6) is 0 Å². The van der Waals surface area contributed by atoms with Crippen molar-refractivity contribution in [2.24, 2.45) is 0 Å². The van der Waals surface area contributed by atoms with Gasteiger partial charge < -0.3 is 14.8 Å². The zero-order valence-corrected chi connectivity index (χ0v) is 10.8. The number of esters is 1. The van der Waals surface area contributed by atoms with Gasteiger partial charge in [-0.25, -0.2) is 0 Å². The van der Waals surface area contributed by atoms with Crippen molar-refractivity contribution in [1.29, 1.82) is 0 Å². The summed E-state index contributed by atoms with van der Waals surface area (Å²) in [4.78, 5) is 11.3. The molecule has 0 aromatic heterocycles. The van der Waals surface area contributed by atoms with Crippen molar-refractivity contribution in [1.82, 2.24) is 5.32 Å². The summed E-state index contributed by atoms with van der Waals surface area (Å²) in [5.41, 5.74) is 0. The van der Waals surface area contributed by atoms with Gasteiger partial charge in [0, 0.05) is 0 Å². The highest BCUT2D eigenvalue weighted by atomic mass is 35.5. The summed E-state index contributed by atoms with van der Waals surface area (Å²) in [6.07, 6.45) is 6.38. The van der Waals surface area contributed by atoms with Crippen molar-refractivity contribution in [3.63, 3.8) is 0 Å². The van der Waals surface area contributed by atoms with Crippen LogP contribution in [0.25, 0.3) is 0 Å². The van der Waals surface area contributed by atoms with E-state index in [2.05, 4.69) is 10.1 Å². The summed E-state index contributed by atoms with van der Waals surface area (Å²) in [7, 11) is 3.14. The Hall–Kier alpha value is -0.320. The van der Waals surface area contributed by atoms with Gasteiger partial charge in [-0.3, -0.25) is 4.79 Å². The molecule has 0 aromatic rings. The van der Waals surface area contributed by atoms with Crippen molar-refractivity contribution in [2.75, 3.05) is 20.8 Å². The lowest BCUT2D eigenvalue weighted by Gasteiger charge is -2.24. The second kappa shape index (κ2) is 8.79. The molecule has 0 aromatic carbocycles. The fraction of sp³-hybridized carbons (Fsp3) is 0.909. The third kappa shape index (κ3) is 5.14. The van der Waals surface area contributed by atoms with Crippen molar-refractivity contribution in [3.8, 4) is 0 Å². The van der Waals surface area contributed by atoms with Gasteiger partial charge in [0.15, 0.2) is 0 Å². The van der Waals surface area contributed by atoms with Crippen LogP contribution in [0.3, 0.4) is 0 Å². The number of carbonyl (C=O) groups is 1. The van der Waals surface area contributed by atoms with E-state index in [9.17, 15) is 4.79 Å². The molecule has 96 valence electrons. The maximum absolute atomic E-state index is 11.3. The first-order valence-corrected chi connectivity index (χ1v) is 5.64. The largest absolute Gasteiger partial charge is 0.468 e. The highest BCUT2D eigenvalue weighted by Gasteiger charge is 2.20. The number of carbonyl (C=O) groups excluding carboxylic acids is 1. The van der Waals surface area contributed by atoms with E-state index in [4.69, 9.17) is 4.74 Å². The van der Waals surface area contributed by atoms with E-state index in [1.165, 1.54) is 26.4 Å². The standard InChI is InChI=1S/C11H21NO3.ClH/c1-12-10(11(13)14-2)8-15-9-6-4-3-5-7-9;/h9-10,12H,3-8H2,1-2H3;1H. The fourth-order valence-corrected chi connectivity index (χ4v) is 1.88. The van der Waals surface area contributed by atoms with E-state index in [1.54, 1.807) is 7.05 Å². The predicted octanol–water partition coefficient (Wildman–Crippen LogP) is 1.52. The summed E-state index contributed by atoms with van der Waals surface area (Å²) in [6, 6.07) is -0.336. The van der Waals surface area contributed by atoms with Crippen LogP contribution in [0.2, 0.25) is 0 Å². The average molecular weight is 252 g/mol. The maximum atomic E-state index is 11.3. The highest BCUT2D eigenvalue weighted by Crippen LogP contribution is 2.20. The number of nitrogens with one attached hydrogen (secondary N) is 1. The molecule has 1 aliphatic carbocycles. The molecule has 1 atom stereocenters. The molecule has 0 radical (unpaired) electrons. The SMILES string of the molecule is CNC(COC1CCCCC1)C(=O)OC.Cl. The van der Waals surface area contributed by atoms with E-state index in [0.29, 0.717) is 12.7 Å². The van der Waals surface area contributed by atoms with Crippen LogP contribution in [-0.2, 0) is 14.3 Å². The minimum Gasteiger partial charge on any atom is -0.468 e. The lowest BCUT2D eigenvalue weighted by Crippen LogP contribution is -2.40. The van der Waals surface area contributed by atoms with Crippen LogP contribution in [0.4, 0.5) is 0 Å². The summed E-state index contributed by atoms with van der Waals surface area (Å²) in [5.74, 6) is -0.256. The van der Waals surface area contributed by atoms with Crippen LogP contribution < -0.4 is 5.32 Å².